The number of ether oxygens (including phenoxy) is 1. The summed E-state index contributed by atoms with van der Waals surface area (Å²) >= 11 is 0. The molecule has 28 heavy (non-hydrogen) atoms. The van der Waals surface area contributed by atoms with Crippen molar-refractivity contribution in [2.45, 2.75) is 19.5 Å². The lowest BCUT2D eigenvalue weighted by molar-refractivity contribution is 0.0341. The summed E-state index contributed by atoms with van der Waals surface area (Å²) in [7, 11) is 1.76. The van der Waals surface area contributed by atoms with Crippen LogP contribution in [0.5, 0.6) is 0 Å². The van der Waals surface area contributed by atoms with Gasteiger partial charge in [0.2, 0.25) is 0 Å². The second kappa shape index (κ2) is 10.8. The highest BCUT2D eigenvalue weighted by Crippen LogP contribution is 2.13. The van der Waals surface area contributed by atoms with Gasteiger partial charge in [-0.1, -0.05) is 36.4 Å². The SMILES string of the molecule is CN=C(NCCc1cccc(F)c1)NCc1ccccc1CN1CCOCC1. The van der Waals surface area contributed by atoms with E-state index in [2.05, 4.69) is 44.8 Å². The zero-order chi connectivity index (χ0) is 19.6. The van der Waals surface area contributed by atoms with E-state index in [1.54, 1.807) is 19.2 Å². The summed E-state index contributed by atoms with van der Waals surface area (Å²) < 4.78 is 18.7. The highest BCUT2D eigenvalue weighted by Gasteiger charge is 2.12. The fourth-order valence-electron chi connectivity index (χ4n) is 3.30. The van der Waals surface area contributed by atoms with Crippen molar-refractivity contribution < 1.29 is 9.13 Å². The van der Waals surface area contributed by atoms with Crippen LogP contribution in [0.1, 0.15) is 16.7 Å². The largest absolute Gasteiger partial charge is 0.379 e. The Balaban J connectivity index is 1.49. The maximum atomic E-state index is 13.3. The molecule has 1 heterocycles. The van der Waals surface area contributed by atoms with Crippen molar-refractivity contribution in [2.24, 2.45) is 4.99 Å². The lowest BCUT2D eigenvalue weighted by atomic mass is 10.1. The summed E-state index contributed by atoms with van der Waals surface area (Å²) in [6.07, 6.45) is 0.742. The molecule has 0 aliphatic carbocycles. The molecule has 6 heteroatoms. The van der Waals surface area contributed by atoms with Gasteiger partial charge in [0.1, 0.15) is 5.82 Å². The van der Waals surface area contributed by atoms with Gasteiger partial charge in [-0.2, -0.15) is 0 Å². The summed E-state index contributed by atoms with van der Waals surface area (Å²) in [6.45, 7) is 5.91. The standard InChI is InChI=1S/C22H29FN4O/c1-24-22(25-10-9-18-5-4-8-21(23)15-18)26-16-19-6-2-3-7-20(19)17-27-11-13-28-14-12-27/h2-8,15H,9-14,16-17H2,1H3,(H2,24,25,26). The van der Waals surface area contributed by atoms with E-state index in [4.69, 9.17) is 4.74 Å². The van der Waals surface area contributed by atoms with Gasteiger partial charge < -0.3 is 15.4 Å². The quantitative estimate of drug-likeness (QED) is 0.569. The number of nitrogens with zero attached hydrogens (tertiary/aromatic N) is 2. The topological polar surface area (TPSA) is 48.9 Å². The summed E-state index contributed by atoms with van der Waals surface area (Å²) in [4.78, 5) is 6.72. The molecule has 0 aromatic heterocycles. The zero-order valence-electron chi connectivity index (χ0n) is 16.5. The van der Waals surface area contributed by atoms with Crippen molar-refractivity contribution in [3.63, 3.8) is 0 Å². The van der Waals surface area contributed by atoms with Gasteiger partial charge in [0.15, 0.2) is 5.96 Å². The maximum Gasteiger partial charge on any atom is 0.191 e. The highest BCUT2D eigenvalue weighted by molar-refractivity contribution is 5.79. The van der Waals surface area contributed by atoms with Gasteiger partial charge in [0, 0.05) is 39.8 Å². The van der Waals surface area contributed by atoms with Crippen molar-refractivity contribution in [2.75, 3.05) is 39.9 Å². The Morgan fingerprint density at radius 1 is 1.07 bits per heavy atom. The van der Waals surface area contributed by atoms with E-state index in [0.717, 1.165) is 50.8 Å². The molecule has 1 aliphatic heterocycles. The maximum absolute atomic E-state index is 13.3. The van der Waals surface area contributed by atoms with Gasteiger partial charge >= 0.3 is 0 Å². The molecule has 0 unspecified atom stereocenters. The molecule has 150 valence electrons. The van der Waals surface area contributed by atoms with Crippen LogP contribution < -0.4 is 10.6 Å². The number of rotatable bonds is 7. The van der Waals surface area contributed by atoms with Gasteiger partial charge in [-0.05, 0) is 35.2 Å². The Bertz CT molecular complexity index is 775. The average Bonchev–Trinajstić information content (AvgIpc) is 2.72. The molecule has 0 spiro atoms. The van der Waals surface area contributed by atoms with E-state index >= 15 is 0 Å². The predicted octanol–water partition coefficient (Wildman–Crippen LogP) is 2.57. The minimum absolute atomic E-state index is 0.197. The molecule has 1 aliphatic rings. The normalized spacial score (nSPS) is 15.4. The van der Waals surface area contributed by atoms with Gasteiger partial charge in [0.05, 0.1) is 13.2 Å². The highest BCUT2D eigenvalue weighted by atomic mass is 19.1. The van der Waals surface area contributed by atoms with Crippen LogP contribution >= 0.6 is 0 Å². The zero-order valence-corrected chi connectivity index (χ0v) is 16.5. The molecule has 3 rings (SSSR count). The molecule has 5 nitrogen and oxygen atoms in total. The Hall–Kier alpha value is -2.44. The summed E-state index contributed by atoms with van der Waals surface area (Å²) in [6, 6.07) is 15.2. The molecule has 0 saturated carbocycles. The van der Waals surface area contributed by atoms with E-state index in [1.165, 1.54) is 17.2 Å². The van der Waals surface area contributed by atoms with E-state index < -0.39 is 0 Å². The molecule has 2 N–H and O–H groups in total. The van der Waals surface area contributed by atoms with E-state index in [1.807, 2.05) is 6.07 Å². The Kier molecular flexibility index (Phi) is 7.82. The third kappa shape index (κ3) is 6.32. The van der Waals surface area contributed by atoms with Crippen molar-refractivity contribution >= 4 is 5.96 Å². The van der Waals surface area contributed by atoms with Gasteiger partial charge in [-0.3, -0.25) is 9.89 Å². The van der Waals surface area contributed by atoms with Gasteiger partial charge in [-0.15, -0.1) is 0 Å². The van der Waals surface area contributed by atoms with Crippen LogP contribution in [0.4, 0.5) is 4.39 Å². The summed E-state index contributed by atoms with van der Waals surface area (Å²) in [5, 5.41) is 6.68. The van der Waals surface area contributed by atoms with E-state index in [-0.39, 0.29) is 5.82 Å². The fourth-order valence-corrected chi connectivity index (χ4v) is 3.30. The number of benzene rings is 2. The van der Waals surface area contributed by atoms with Gasteiger partial charge in [-0.25, -0.2) is 4.39 Å². The fraction of sp³-hybridized carbons (Fsp3) is 0.409. The number of hydrogen-bond donors (Lipinski definition) is 2. The number of morpholine rings is 1. The molecular formula is C22H29FN4O. The van der Waals surface area contributed by atoms with Crippen LogP contribution in [0.15, 0.2) is 53.5 Å². The van der Waals surface area contributed by atoms with E-state index in [0.29, 0.717) is 13.1 Å². The number of nitrogens with one attached hydrogen (secondary N) is 2. The molecule has 2 aromatic rings. The Labute approximate surface area is 166 Å². The third-order valence-corrected chi connectivity index (χ3v) is 4.88. The Morgan fingerprint density at radius 2 is 1.86 bits per heavy atom. The van der Waals surface area contributed by atoms with Gasteiger partial charge in [0.25, 0.3) is 0 Å². The molecule has 0 amide bonds. The number of guanidine groups is 1. The second-order valence-corrected chi connectivity index (χ2v) is 6.89. The molecule has 0 bridgehead atoms. The predicted molar refractivity (Wildman–Crippen MR) is 111 cm³/mol. The van der Waals surface area contributed by atoms with E-state index in [9.17, 15) is 4.39 Å². The molecule has 1 saturated heterocycles. The molecule has 0 atom stereocenters. The number of hydrogen-bond acceptors (Lipinski definition) is 3. The minimum atomic E-state index is -0.197. The van der Waals surface area contributed by atoms with Crippen molar-refractivity contribution in [1.29, 1.82) is 0 Å². The Morgan fingerprint density at radius 3 is 2.61 bits per heavy atom. The first-order chi connectivity index (χ1) is 13.7. The molecule has 1 fully saturated rings. The molecule has 0 radical (unpaired) electrons. The second-order valence-electron chi connectivity index (χ2n) is 6.89. The van der Waals surface area contributed by atoms with Crippen molar-refractivity contribution in [3.8, 4) is 0 Å². The lowest BCUT2D eigenvalue weighted by Gasteiger charge is -2.27. The molecule has 2 aromatic carbocycles. The van der Waals surface area contributed by atoms with Crippen molar-refractivity contribution in [3.05, 3.63) is 71.0 Å². The summed E-state index contributed by atoms with van der Waals surface area (Å²) in [5.41, 5.74) is 3.56. The smallest absolute Gasteiger partial charge is 0.191 e. The lowest BCUT2D eigenvalue weighted by Crippen LogP contribution is -2.38. The summed E-state index contributed by atoms with van der Waals surface area (Å²) in [5.74, 6) is 0.550. The average molecular weight is 384 g/mol. The monoisotopic (exact) mass is 384 g/mol. The van der Waals surface area contributed by atoms with Crippen LogP contribution in [-0.2, 0) is 24.2 Å². The van der Waals surface area contributed by atoms with Crippen LogP contribution in [0.25, 0.3) is 0 Å². The van der Waals surface area contributed by atoms with Crippen molar-refractivity contribution in [1.82, 2.24) is 15.5 Å². The molecular weight excluding hydrogens is 355 g/mol. The first-order valence-corrected chi connectivity index (χ1v) is 9.80. The van der Waals surface area contributed by atoms with Crippen LogP contribution in [0.2, 0.25) is 0 Å². The van der Waals surface area contributed by atoms with Crippen LogP contribution in [0.3, 0.4) is 0 Å². The number of aliphatic imine (C=N–C) groups is 1. The first kappa shape index (κ1) is 20.3. The minimum Gasteiger partial charge on any atom is -0.379 e. The number of halogens is 1. The van der Waals surface area contributed by atoms with Crippen LogP contribution in [0, 0.1) is 5.82 Å². The van der Waals surface area contributed by atoms with Crippen LogP contribution in [-0.4, -0.2) is 50.8 Å². The third-order valence-electron chi connectivity index (χ3n) is 4.88. The first-order valence-electron chi connectivity index (χ1n) is 9.80.